The van der Waals surface area contributed by atoms with E-state index in [0.29, 0.717) is 24.2 Å². The number of rotatable bonds is 3. The molecule has 1 heterocycles. The average molecular weight is 347 g/mol. The van der Waals surface area contributed by atoms with E-state index in [1.54, 1.807) is 26.3 Å². The number of methoxy groups -OCH3 is 1. The van der Waals surface area contributed by atoms with Gasteiger partial charge in [-0.15, -0.1) is 5.92 Å². The van der Waals surface area contributed by atoms with Crippen LogP contribution in [0.25, 0.3) is 0 Å². The van der Waals surface area contributed by atoms with Crippen molar-refractivity contribution in [2.75, 3.05) is 7.11 Å². The normalized spacial score (nSPS) is 19.7. The second-order valence-corrected chi connectivity index (χ2v) is 6.51. The second-order valence-electron chi connectivity index (χ2n) is 6.51. The molecule has 0 bridgehead atoms. The minimum atomic E-state index is -0.770. The van der Waals surface area contributed by atoms with Crippen LogP contribution in [0.4, 0.5) is 0 Å². The molecule has 1 aromatic carbocycles. The van der Waals surface area contributed by atoms with Crippen molar-refractivity contribution in [2.24, 2.45) is 0 Å². The van der Waals surface area contributed by atoms with Gasteiger partial charge in [-0.1, -0.05) is 12.0 Å². The molecule has 0 atom stereocenters. The summed E-state index contributed by atoms with van der Waals surface area (Å²) in [7, 11) is 1.55. The van der Waals surface area contributed by atoms with Crippen LogP contribution in [0.1, 0.15) is 54.0 Å². The van der Waals surface area contributed by atoms with Crippen molar-refractivity contribution in [1.82, 2.24) is 4.98 Å². The minimum Gasteiger partial charge on any atom is -0.496 e. The van der Waals surface area contributed by atoms with Gasteiger partial charge >= 0.3 is 0 Å². The average Bonchev–Trinajstić information content (AvgIpc) is 2.63. The predicted octanol–water partition coefficient (Wildman–Crippen LogP) is 3.57. The van der Waals surface area contributed by atoms with Crippen molar-refractivity contribution >= 4 is 11.6 Å². The summed E-state index contributed by atoms with van der Waals surface area (Å²) in [6.07, 6.45) is 2.32. The van der Waals surface area contributed by atoms with Gasteiger partial charge in [0.1, 0.15) is 23.2 Å². The number of pyridine rings is 1. The van der Waals surface area contributed by atoms with Crippen LogP contribution in [0.2, 0.25) is 0 Å². The number of carbonyl (C=O) groups excluding carboxylic acids is 2. The quantitative estimate of drug-likeness (QED) is 0.629. The number of hydrogen-bond acceptors (Lipinski definition) is 4. The Morgan fingerprint density at radius 3 is 2.46 bits per heavy atom. The molecule has 0 radical (unpaired) electrons. The molecule has 2 aromatic rings. The summed E-state index contributed by atoms with van der Waals surface area (Å²) >= 11 is 0. The molecule has 132 valence electrons. The highest BCUT2D eigenvalue weighted by Crippen LogP contribution is 2.40. The van der Waals surface area contributed by atoms with Gasteiger partial charge in [0.25, 0.3) is 0 Å². The van der Waals surface area contributed by atoms with Gasteiger partial charge in [0.15, 0.2) is 0 Å². The highest BCUT2D eigenvalue weighted by atomic mass is 16.5. The van der Waals surface area contributed by atoms with E-state index in [-0.39, 0.29) is 17.5 Å². The van der Waals surface area contributed by atoms with Crippen molar-refractivity contribution < 1.29 is 14.3 Å². The van der Waals surface area contributed by atoms with E-state index in [1.807, 2.05) is 31.2 Å². The van der Waals surface area contributed by atoms with Crippen molar-refractivity contribution in [3.05, 3.63) is 58.9 Å². The fourth-order valence-corrected chi connectivity index (χ4v) is 3.64. The van der Waals surface area contributed by atoms with Gasteiger partial charge in [-0.25, -0.2) is 0 Å². The van der Waals surface area contributed by atoms with Crippen molar-refractivity contribution in [3.8, 4) is 17.6 Å². The molecule has 0 unspecified atom stereocenters. The van der Waals surface area contributed by atoms with E-state index in [4.69, 9.17) is 4.74 Å². The summed E-state index contributed by atoms with van der Waals surface area (Å²) in [5.74, 6) is 5.33. The Hall–Kier alpha value is -2.93. The summed E-state index contributed by atoms with van der Waals surface area (Å²) < 4.78 is 5.49. The lowest BCUT2D eigenvalue weighted by Gasteiger charge is -2.28. The molecule has 0 amide bonds. The van der Waals surface area contributed by atoms with E-state index in [9.17, 15) is 9.59 Å². The first kappa shape index (κ1) is 17.9. The lowest BCUT2D eigenvalue weighted by molar-refractivity contribution is -0.132. The molecule has 1 saturated carbocycles. The third-order valence-corrected chi connectivity index (χ3v) is 4.77. The third kappa shape index (κ3) is 3.39. The number of nitrogens with zero attached hydrogens (tertiary/aromatic N) is 1. The van der Waals surface area contributed by atoms with Gasteiger partial charge < -0.3 is 4.74 Å². The molecule has 0 aliphatic heterocycles. The molecule has 1 fully saturated rings. The van der Waals surface area contributed by atoms with E-state index >= 15 is 0 Å². The highest BCUT2D eigenvalue weighted by molar-refractivity contribution is 6.11. The number of hydrogen-bond donors (Lipinski definition) is 0. The molecule has 0 saturated heterocycles. The van der Waals surface area contributed by atoms with Gasteiger partial charge in [0.05, 0.1) is 7.11 Å². The number of carbonyl (C=O) groups is 2. The van der Waals surface area contributed by atoms with Crippen molar-refractivity contribution in [3.63, 3.8) is 0 Å². The number of Topliss-reactive ketones (excluding diaryl/α,β-unsaturated/α-hetero) is 2. The van der Waals surface area contributed by atoms with Crippen molar-refractivity contribution in [1.29, 1.82) is 0 Å². The second kappa shape index (κ2) is 7.53. The summed E-state index contributed by atoms with van der Waals surface area (Å²) in [5.41, 5.74) is 3.13. The molecule has 1 aromatic heterocycles. The molecule has 4 heteroatoms. The number of ether oxygens (including phenoxy) is 1. The Balaban J connectivity index is 1.96. The van der Waals surface area contributed by atoms with Gasteiger partial charge in [0.2, 0.25) is 0 Å². The van der Waals surface area contributed by atoms with Crippen molar-refractivity contribution in [2.45, 2.75) is 38.5 Å². The van der Waals surface area contributed by atoms with Crippen LogP contribution in [0, 0.1) is 18.8 Å². The Morgan fingerprint density at radius 1 is 1.15 bits per heavy atom. The summed E-state index contributed by atoms with van der Waals surface area (Å²) in [5, 5.41) is 0. The number of aromatic nitrogens is 1. The maximum Gasteiger partial charge on any atom is 0.148 e. The first-order chi connectivity index (χ1) is 12.5. The standard InChI is InChI=1S/C22H21NO3/c1-4-7-15-10-14(2)21(20(11-15)26-3)22-18(24)12-16(13-19(22)25)17-8-5-6-9-23-17/h5-6,8-11,16,22H,12-13H2,1-3H3. The van der Waals surface area contributed by atoms with Crippen LogP contribution in [0.3, 0.4) is 0 Å². The summed E-state index contributed by atoms with van der Waals surface area (Å²) in [6, 6.07) is 9.28. The van der Waals surface area contributed by atoms with E-state index in [0.717, 1.165) is 16.8 Å². The highest BCUT2D eigenvalue weighted by Gasteiger charge is 2.39. The van der Waals surface area contributed by atoms with Crippen LogP contribution in [0.15, 0.2) is 36.5 Å². The zero-order valence-corrected chi connectivity index (χ0v) is 15.2. The maximum atomic E-state index is 12.9. The predicted molar refractivity (Wildman–Crippen MR) is 99.3 cm³/mol. The number of benzene rings is 1. The zero-order chi connectivity index (χ0) is 18.7. The summed E-state index contributed by atoms with van der Waals surface area (Å²) in [4.78, 5) is 30.1. The molecular weight excluding hydrogens is 326 g/mol. The van der Waals surface area contributed by atoms with Gasteiger partial charge in [0, 0.05) is 41.8 Å². The molecule has 4 nitrogen and oxygen atoms in total. The van der Waals surface area contributed by atoms with E-state index in [1.165, 1.54) is 0 Å². The molecular formula is C22H21NO3. The molecule has 26 heavy (non-hydrogen) atoms. The first-order valence-electron chi connectivity index (χ1n) is 8.62. The Morgan fingerprint density at radius 2 is 1.88 bits per heavy atom. The minimum absolute atomic E-state index is 0.0763. The van der Waals surface area contributed by atoms with Crippen LogP contribution in [-0.4, -0.2) is 23.7 Å². The lowest BCUT2D eigenvalue weighted by atomic mass is 9.74. The molecule has 0 spiro atoms. The third-order valence-electron chi connectivity index (χ3n) is 4.77. The Labute approximate surface area is 153 Å². The van der Waals surface area contributed by atoms with Crippen LogP contribution >= 0.6 is 0 Å². The molecule has 1 aliphatic carbocycles. The monoisotopic (exact) mass is 347 g/mol. The Kier molecular flexibility index (Phi) is 5.18. The fourth-order valence-electron chi connectivity index (χ4n) is 3.64. The van der Waals surface area contributed by atoms with Gasteiger partial charge in [-0.2, -0.15) is 0 Å². The maximum absolute atomic E-state index is 12.9. The molecule has 1 aliphatic rings. The van der Waals surface area contributed by atoms with Crippen LogP contribution in [-0.2, 0) is 9.59 Å². The molecule has 0 N–H and O–H groups in total. The fraction of sp³-hybridized carbons (Fsp3) is 0.318. The zero-order valence-electron chi connectivity index (χ0n) is 15.2. The first-order valence-corrected chi connectivity index (χ1v) is 8.62. The number of aryl methyl sites for hydroxylation is 1. The van der Waals surface area contributed by atoms with E-state index in [2.05, 4.69) is 16.8 Å². The smallest absolute Gasteiger partial charge is 0.148 e. The number of ketones is 2. The molecule has 3 rings (SSSR count). The topological polar surface area (TPSA) is 56.3 Å². The lowest BCUT2D eigenvalue weighted by Crippen LogP contribution is -2.32. The van der Waals surface area contributed by atoms with Gasteiger partial charge in [-0.3, -0.25) is 14.6 Å². The van der Waals surface area contributed by atoms with Crippen LogP contribution < -0.4 is 4.74 Å². The van der Waals surface area contributed by atoms with Crippen LogP contribution in [0.5, 0.6) is 5.75 Å². The van der Waals surface area contributed by atoms with Gasteiger partial charge in [-0.05, 0) is 43.7 Å². The largest absolute Gasteiger partial charge is 0.496 e. The van der Waals surface area contributed by atoms with E-state index < -0.39 is 5.92 Å². The summed E-state index contributed by atoms with van der Waals surface area (Å²) in [6.45, 7) is 3.66. The SMILES string of the molecule is CC#Cc1cc(C)c(C2C(=O)CC(c3ccccn3)CC2=O)c(OC)c1. The Bertz CT molecular complexity index is 888.